The second kappa shape index (κ2) is 4.61. The van der Waals surface area contributed by atoms with E-state index in [2.05, 4.69) is 14.9 Å². The van der Waals surface area contributed by atoms with E-state index in [1.165, 1.54) is 38.8 Å². The standard InChI is InChI=1S/C13H20N4/c14-13-15-6-5-12(16-13)11-2-1-7-17(9-11)8-10-3-4-10/h5-6,10-11H,1-4,7-9H2,(H2,14,15,16)/t11-/m0/s1. The minimum absolute atomic E-state index is 0.404. The van der Waals surface area contributed by atoms with Gasteiger partial charge in [0.2, 0.25) is 5.95 Å². The first kappa shape index (κ1) is 11.0. The lowest BCUT2D eigenvalue weighted by Crippen LogP contribution is -2.36. The van der Waals surface area contributed by atoms with Gasteiger partial charge in [0, 0.05) is 25.2 Å². The first-order chi connectivity index (χ1) is 8.31. The number of likely N-dealkylation sites (tertiary alicyclic amines) is 1. The highest BCUT2D eigenvalue weighted by Gasteiger charge is 2.28. The predicted molar refractivity (Wildman–Crippen MR) is 67.6 cm³/mol. The van der Waals surface area contributed by atoms with Crippen LogP contribution in [0.15, 0.2) is 12.3 Å². The second-order valence-electron chi connectivity index (χ2n) is 5.38. The van der Waals surface area contributed by atoms with Crippen LogP contribution in [0.2, 0.25) is 0 Å². The van der Waals surface area contributed by atoms with Gasteiger partial charge in [-0.25, -0.2) is 9.97 Å². The van der Waals surface area contributed by atoms with Crippen LogP contribution >= 0.6 is 0 Å². The Kier molecular flexibility index (Phi) is 2.97. The molecule has 92 valence electrons. The Morgan fingerprint density at radius 2 is 2.24 bits per heavy atom. The van der Waals surface area contributed by atoms with Crippen molar-refractivity contribution in [3.63, 3.8) is 0 Å². The molecule has 2 aliphatic rings. The van der Waals surface area contributed by atoms with Crippen LogP contribution in [-0.4, -0.2) is 34.5 Å². The number of nitrogens with zero attached hydrogens (tertiary/aromatic N) is 3. The summed E-state index contributed by atoms with van der Waals surface area (Å²) in [6.45, 7) is 3.69. The SMILES string of the molecule is Nc1nccc([C@H]2CCCN(CC3CC3)C2)n1. The third-order valence-electron chi connectivity index (χ3n) is 3.83. The maximum Gasteiger partial charge on any atom is 0.220 e. The molecule has 2 heterocycles. The van der Waals surface area contributed by atoms with Crippen molar-refractivity contribution in [3.8, 4) is 0 Å². The lowest BCUT2D eigenvalue weighted by atomic mass is 9.94. The molecule has 4 nitrogen and oxygen atoms in total. The smallest absolute Gasteiger partial charge is 0.220 e. The zero-order valence-corrected chi connectivity index (χ0v) is 10.2. The fraction of sp³-hybridized carbons (Fsp3) is 0.692. The van der Waals surface area contributed by atoms with E-state index in [1.807, 2.05) is 6.07 Å². The monoisotopic (exact) mass is 232 g/mol. The number of nitrogen functional groups attached to an aromatic ring is 1. The maximum absolute atomic E-state index is 5.65. The number of anilines is 1. The van der Waals surface area contributed by atoms with Gasteiger partial charge < -0.3 is 10.6 Å². The zero-order chi connectivity index (χ0) is 11.7. The molecule has 17 heavy (non-hydrogen) atoms. The van der Waals surface area contributed by atoms with Gasteiger partial charge in [-0.3, -0.25) is 0 Å². The minimum Gasteiger partial charge on any atom is -0.368 e. The quantitative estimate of drug-likeness (QED) is 0.861. The van der Waals surface area contributed by atoms with Crippen LogP contribution in [0.1, 0.15) is 37.3 Å². The molecule has 4 heteroatoms. The number of rotatable bonds is 3. The average molecular weight is 232 g/mol. The van der Waals surface area contributed by atoms with Crippen molar-refractivity contribution in [2.75, 3.05) is 25.4 Å². The highest BCUT2D eigenvalue weighted by Crippen LogP contribution is 2.32. The van der Waals surface area contributed by atoms with Crippen LogP contribution in [0.5, 0.6) is 0 Å². The summed E-state index contributed by atoms with van der Waals surface area (Å²) in [7, 11) is 0. The largest absolute Gasteiger partial charge is 0.368 e. The van der Waals surface area contributed by atoms with Crippen molar-refractivity contribution < 1.29 is 0 Å². The van der Waals surface area contributed by atoms with E-state index >= 15 is 0 Å². The number of nitrogens with two attached hydrogens (primary N) is 1. The van der Waals surface area contributed by atoms with Crippen molar-refractivity contribution in [1.82, 2.24) is 14.9 Å². The highest BCUT2D eigenvalue weighted by atomic mass is 15.1. The Morgan fingerprint density at radius 3 is 3.00 bits per heavy atom. The van der Waals surface area contributed by atoms with Gasteiger partial charge in [0.25, 0.3) is 0 Å². The van der Waals surface area contributed by atoms with E-state index in [1.54, 1.807) is 6.20 Å². The fourth-order valence-electron chi connectivity index (χ4n) is 2.74. The number of hydrogen-bond donors (Lipinski definition) is 1. The van der Waals surface area contributed by atoms with Crippen LogP contribution in [0.3, 0.4) is 0 Å². The number of piperidine rings is 1. The third-order valence-corrected chi connectivity index (χ3v) is 3.83. The third kappa shape index (κ3) is 2.75. The highest BCUT2D eigenvalue weighted by molar-refractivity contribution is 5.20. The second-order valence-corrected chi connectivity index (χ2v) is 5.38. The fourth-order valence-corrected chi connectivity index (χ4v) is 2.74. The molecule has 1 aromatic heterocycles. The molecular formula is C13H20N4. The van der Waals surface area contributed by atoms with Crippen LogP contribution in [0.4, 0.5) is 5.95 Å². The topological polar surface area (TPSA) is 55.0 Å². The first-order valence-electron chi connectivity index (χ1n) is 6.62. The molecule has 1 atom stereocenters. The molecule has 1 aliphatic heterocycles. The summed E-state index contributed by atoms with van der Waals surface area (Å²) in [6.07, 6.45) is 7.15. The van der Waals surface area contributed by atoms with Gasteiger partial charge in [0.15, 0.2) is 0 Å². The van der Waals surface area contributed by atoms with Crippen LogP contribution < -0.4 is 5.73 Å². The normalized spacial score (nSPS) is 26.0. The number of hydrogen-bond acceptors (Lipinski definition) is 4. The molecule has 2 N–H and O–H groups in total. The van der Waals surface area contributed by atoms with Crippen molar-refractivity contribution in [2.45, 2.75) is 31.6 Å². The Morgan fingerprint density at radius 1 is 1.35 bits per heavy atom. The summed E-state index contributed by atoms with van der Waals surface area (Å²) in [5.41, 5.74) is 6.78. The molecule has 0 aromatic carbocycles. The molecule has 1 aliphatic carbocycles. The summed E-state index contributed by atoms with van der Waals surface area (Å²) in [4.78, 5) is 10.9. The van der Waals surface area contributed by atoms with Gasteiger partial charge in [-0.2, -0.15) is 0 Å². The summed E-state index contributed by atoms with van der Waals surface area (Å²) in [5, 5.41) is 0. The Bertz CT molecular complexity index is 389. The molecule has 1 aromatic rings. The molecule has 0 spiro atoms. The van der Waals surface area contributed by atoms with Crippen molar-refractivity contribution >= 4 is 5.95 Å². The van der Waals surface area contributed by atoms with Gasteiger partial charge in [0.05, 0.1) is 5.69 Å². The van der Waals surface area contributed by atoms with Crippen molar-refractivity contribution in [2.24, 2.45) is 5.92 Å². The van der Waals surface area contributed by atoms with Gasteiger partial charge in [-0.05, 0) is 44.2 Å². The molecular weight excluding hydrogens is 212 g/mol. The average Bonchev–Trinajstić information content (AvgIpc) is 3.13. The molecule has 0 unspecified atom stereocenters. The van der Waals surface area contributed by atoms with Crippen LogP contribution in [0.25, 0.3) is 0 Å². The Balaban J connectivity index is 1.65. The molecule has 0 radical (unpaired) electrons. The predicted octanol–water partition coefficient (Wildman–Crippen LogP) is 1.65. The van der Waals surface area contributed by atoms with Gasteiger partial charge >= 0.3 is 0 Å². The molecule has 3 rings (SSSR count). The van der Waals surface area contributed by atoms with E-state index in [-0.39, 0.29) is 0 Å². The van der Waals surface area contributed by atoms with Gasteiger partial charge in [-0.15, -0.1) is 0 Å². The molecule has 0 bridgehead atoms. The summed E-state index contributed by atoms with van der Waals surface area (Å²) in [6, 6.07) is 2.02. The molecule has 1 saturated heterocycles. The van der Waals surface area contributed by atoms with E-state index in [0.717, 1.165) is 18.2 Å². The minimum atomic E-state index is 0.404. The first-order valence-corrected chi connectivity index (χ1v) is 6.62. The van der Waals surface area contributed by atoms with E-state index < -0.39 is 0 Å². The van der Waals surface area contributed by atoms with Crippen molar-refractivity contribution in [1.29, 1.82) is 0 Å². The summed E-state index contributed by atoms with van der Waals surface area (Å²) < 4.78 is 0. The van der Waals surface area contributed by atoms with Crippen molar-refractivity contribution in [3.05, 3.63) is 18.0 Å². The van der Waals surface area contributed by atoms with E-state index in [9.17, 15) is 0 Å². The molecule has 2 fully saturated rings. The zero-order valence-electron chi connectivity index (χ0n) is 10.2. The Labute approximate surface area is 102 Å². The van der Waals surface area contributed by atoms with Gasteiger partial charge in [0.1, 0.15) is 0 Å². The Hall–Kier alpha value is -1.16. The summed E-state index contributed by atoms with van der Waals surface area (Å²) in [5.74, 6) is 1.93. The number of aromatic nitrogens is 2. The lowest BCUT2D eigenvalue weighted by molar-refractivity contribution is 0.199. The van der Waals surface area contributed by atoms with E-state index in [0.29, 0.717) is 11.9 Å². The maximum atomic E-state index is 5.65. The van der Waals surface area contributed by atoms with E-state index in [4.69, 9.17) is 5.73 Å². The lowest BCUT2D eigenvalue weighted by Gasteiger charge is -2.32. The molecule has 0 amide bonds. The molecule has 1 saturated carbocycles. The van der Waals surface area contributed by atoms with Crippen LogP contribution in [0, 0.1) is 5.92 Å². The van der Waals surface area contributed by atoms with Gasteiger partial charge in [-0.1, -0.05) is 0 Å². The summed E-state index contributed by atoms with van der Waals surface area (Å²) >= 11 is 0. The van der Waals surface area contributed by atoms with Crippen LogP contribution in [-0.2, 0) is 0 Å².